The van der Waals surface area contributed by atoms with Crippen LogP contribution in [-0.2, 0) is 0 Å². The number of anilines is 1. The van der Waals surface area contributed by atoms with Crippen LogP contribution in [0.15, 0.2) is 30.6 Å². The zero-order valence-corrected chi connectivity index (χ0v) is 10.7. The normalized spacial score (nSPS) is 22.0. The first-order valence-corrected chi connectivity index (χ1v) is 6.30. The summed E-state index contributed by atoms with van der Waals surface area (Å²) in [5.74, 6) is 0.652. The predicted molar refractivity (Wildman–Crippen MR) is 71.8 cm³/mol. The number of para-hydroxylation sites is 1. The number of benzene rings is 1. The summed E-state index contributed by atoms with van der Waals surface area (Å²) in [5, 5.41) is 4.31. The minimum atomic E-state index is -0.681. The molecule has 0 aliphatic heterocycles. The minimum Gasteiger partial charge on any atom is -0.494 e. The highest BCUT2D eigenvalue weighted by atomic mass is 19.1. The molecule has 2 aromatic rings. The molecule has 100 valence electrons. The van der Waals surface area contributed by atoms with Gasteiger partial charge in [0.15, 0.2) is 0 Å². The molecular formula is C14H16FN3O. The number of hydrogen-bond donors (Lipinski definition) is 1. The van der Waals surface area contributed by atoms with Crippen LogP contribution in [0, 0.1) is 0 Å². The molecule has 1 heterocycles. The fraction of sp³-hybridized carbons (Fsp3) is 0.357. The summed E-state index contributed by atoms with van der Waals surface area (Å²) in [5.41, 5.74) is 8.33. The van der Waals surface area contributed by atoms with Crippen molar-refractivity contribution in [3.63, 3.8) is 0 Å². The molecule has 1 aliphatic rings. The van der Waals surface area contributed by atoms with Crippen LogP contribution < -0.4 is 10.5 Å². The van der Waals surface area contributed by atoms with Gasteiger partial charge in [-0.05, 0) is 6.07 Å². The maximum Gasteiger partial charge on any atom is 0.149 e. The third kappa shape index (κ3) is 2.05. The summed E-state index contributed by atoms with van der Waals surface area (Å²) in [6.45, 7) is 0. The second-order valence-corrected chi connectivity index (χ2v) is 4.86. The van der Waals surface area contributed by atoms with Crippen LogP contribution in [0.4, 0.5) is 10.1 Å². The van der Waals surface area contributed by atoms with E-state index < -0.39 is 6.17 Å². The summed E-state index contributed by atoms with van der Waals surface area (Å²) in [7, 11) is 1.60. The lowest BCUT2D eigenvalue weighted by Gasteiger charge is -2.29. The highest BCUT2D eigenvalue weighted by molar-refractivity contribution is 5.76. The summed E-state index contributed by atoms with van der Waals surface area (Å²) < 4.78 is 20.0. The van der Waals surface area contributed by atoms with Crippen molar-refractivity contribution in [2.24, 2.45) is 0 Å². The van der Waals surface area contributed by atoms with E-state index in [0.29, 0.717) is 24.3 Å². The fourth-order valence-electron chi connectivity index (χ4n) is 2.42. The SMILES string of the molecule is COc1c(N)cccc1-c1cnn(C2CC(F)C2)c1. The molecule has 0 unspecified atom stereocenters. The number of nitrogens with two attached hydrogens (primary N) is 1. The molecule has 1 aliphatic carbocycles. The van der Waals surface area contributed by atoms with Gasteiger partial charge in [0.25, 0.3) is 0 Å². The van der Waals surface area contributed by atoms with Crippen LogP contribution >= 0.6 is 0 Å². The van der Waals surface area contributed by atoms with Gasteiger partial charge in [-0.25, -0.2) is 4.39 Å². The Morgan fingerprint density at radius 2 is 2.21 bits per heavy atom. The summed E-state index contributed by atoms with van der Waals surface area (Å²) in [6.07, 6.45) is 4.11. The van der Waals surface area contributed by atoms with Gasteiger partial charge >= 0.3 is 0 Å². The third-order valence-corrected chi connectivity index (χ3v) is 3.59. The van der Waals surface area contributed by atoms with Gasteiger partial charge in [0, 0.05) is 30.2 Å². The number of rotatable bonds is 3. The number of hydrogen-bond acceptors (Lipinski definition) is 3. The Kier molecular flexibility index (Phi) is 2.89. The molecule has 4 nitrogen and oxygen atoms in total. The largest absolute Gasteiger partial charge is 0.494 e. The molecule has 0 bridgehead atoms. The van der Waals surface area contributed by atoms with E-state index in [2.05, 4.69) is 5.10 Å². The Morgan fingerprint density at radius 1 is 1.42 bits per heavy atom. The second kappa shape index (κ2) is 4.57. The monoisotopic (exact) mass is 261 g/mol. The lowest BCUT2D eigenvalue weighted by molar-refractivity contribution is 0.128. The summed E-state index contributed by atoms with van der Waals surface area (Å²) >= 11 is 0. The maximum absolute atomic E-state index is 12.9. The van der Waals surface area contributed by atoms with Gasteiger partial charge in [-0.3, -0.25) is 4.68 Å². The summed E-state index contributed by atoms with van der Waals surface area (Å²) in [4.78, 5) is 0. The van der Waals surface area contributed by atoms with Gasteiger partial charge < -0.3 is 10.5 Å². The Labute approximate surface area is 111 Å². The van der Waals surface area contributed by atoms with E-state index in [-0.39, 0.29) is 6.04 Å². The predicted octanol–water partition coefficient (Wildman–Crippen LogP) is 2.81. The topological polar surface area (TPSA) is 53.1 Å². The van der Waals surface area contributed by atoms with Crippen molar-refractivity contribution in [3.8, 4) is 16.9 Å². The molecule has 1 aromatic carbocycles. The lowest BCUT2D eigenvalue weighted by atomic mass is 9.91. The van der Waals surface area contributed by atoms with Gasteiger partial charge in [0.2, 0.25) is 0 Å². The van der Waals surface area contributed by atoms with Crippen LogP contribution in [0.5, 0.6) is 5.75 Å². The molecule has 1 saturated carbocycles. The van der Waals surface area contributed by atoms with Crippen LogP contribution in [0.3, 0.4) is 0 Å². The Morgan fingerprint density at radius 3 is 2.89 bits per heavy atom. The molecule has 0 atom stereocenters. The first kappa shape index (κ1) is 12.0. The van der Waals surface area contributed by atoms with E-state index in [0.717, 1.165) is 11.1 Å². The zero-order valence-electron chi connectivity index (χ0n) is 10.7. The van der Waals surface area contributed by atoms with Gasteiger partial charge in [0.1, 0.15) is 11.9 Å². The molecule has 0 amide bonds. The average Bonchev–Trinajstić information content (AvgIpc) is 2.83. The van der Waals surface area contributed by atoms with Gasteiger partial charge in [-0.15, -0.1) is 0 Å². The highest BCUT2D eigenvalue weighted by Gasteiger charge is 2.31. The van der Waals surface area contributed by atoms with Crippen molar-refractivity contribution >= 4 is 5.69 Å². The van der Waals surface area contributed by atoms with Crippen LogP contribution in [-0.4, -0.2) is 23.1 Å². The van der Waals surface area contributed by atoms with E-state index in [1.54, 1.807) is 19.4 Å². The van der Waals surface area contributed by atoms with Crippen LogP contribution in [0.2, 0.25) is 0 Å². The van der Waals surface area contributed by atoms with Crippen molar-refractivity contribution in [1.82, 2.24) is 9.78 Å². The van der Waals surface area contributed by atoms with E-state index in [1.165, 1.54) is 0 Å². The number of ether oxygens (including phenoxy) is 1. The molecular weight excluding hydrogens is 245 g/mol. The molecule has 0 spiro atoms. The molecule has 1 aromatic heterocycles. The Bertz CT molecular complexity index is 590. The van der Waals surface area contributed by atoms with Crippen molar-refractivity contribution < 1.29 is 9.13 Å². The van der Waals surface area contributed by atoms with E-state index in [4.69, 9.17) is 10.5 Å². The zero-order chi connectivity index (χ0) is 13.4. The minimum absolute atomic E-state index is 0.177. The molecule has 5 heteroatoms. The summed E-state index contributed by atoms with van der Waals surface area (Å²) in [6, 6.07) is 5.79. The van der Waals surface area contributed by atoms with E-state index in [1.807, 2.05) is 23.0 Å². The van der Waals surface area contributed by atoms with Gasteiger partial charge in [0.05, 0.1) is 25.0 Å². The van der Waals surface area contributed by atoms with Crippen molar-refractivity contribution in [2.75, 3.05) is 12.8 Å². The first-order valence-electron chi connectivity index (χ1n) is 6.30. The van der Waals surface area contributed by atoms with Crippen LogP contribution in [0.25, 0.3) is 11.1 Å². The average molecular weight is 261 g/mol. The standard InChI is InChI=1S/C14H16FN3O/c1-19-14-12(3-2-4-13(14)16)9-7-17-18(8-9)11-5-10(15)6-11/h2-4,7-8,10-11H,5-6,16H2,1H3. The molecule has 3 rings (SSSR count). The number of halogens is 1. The van der Waals surface area contributed by atoms with Crippen molar-refractivity contribution in [3.05, 3.63) is 30.6 Å². The number of alkyl halides is 1. The molecule has 1 fully saturated rings. The number of methoxy groups -OCH3 is 1. The first-order chi connectivity index (χ1) is 9.19. The van der Waals surface area contributed by atoms with E-state index >= 15 is 0 Å². The maximum atomic E-state index is 12.9. The number of nitrogens with zero attached hydrogens (tertiary/aromatic N) is 2. The number of aromatic nitrogens is 2. The quantitative estimate of drug-likeness (QED) is 0.864. The number of nitrogen functional groups attached to an aromatic ring is 1. The molecule has 0 radical (unpaired) electrons. The fourth-order valence-corrected chi connectivity index (χ4v) is 2.42. The van der Waals surface area contributed by atoms with Crippen molar-refractivity contribution in [2.45, 2.75) is 25.1 Å². The smallest absolute Gasteiger partial charge is 0.149 e. The molecule has 2 N–H and O–H groups in total. The van der Waals surface area contributed by atoms with E-state index in [9.17, 15) is 4.39 Å². The molecule has 0 saturated heterocycles. The Balaban J connectivity index is 1.92. The molecule has 19 heavy (non-hydrogen) atoms. The van der Waals surface area contributed by atoms with Gasteiger partial charge in [-0.2, -0.15) is 5.10 Å². The third-order valence-electron chi connectivity index (χ3n) is 3.59. The van der Waals surface area contributed by atoms with Gasteiger partial charge in [-0.1, -0.05) is 12.1 Å². The second-order valence-electron chi connectivity index (χ2n) is 4.86. The van der Waals surface area contributed by atoms with Crippen molar-refractivity contribution in [1.29, 1.82) is 0 Å². The highest BCUT2D eigenvalue weighted by Crippen LogP contribution is 2.37. The lowest BCUT2D eigenvalue weighted by Crippen LogP contribution is -2.28. The van der Waals surface area contributed by atoms with Crippen LogP contribution in [0.1, 0.15) is 18.9 Å². The Hall–Kier alpha value is -2.04.